The van der Waals surface area contributed by atoms with E-state index in [2.05, 4.69) is 36.3 Å². The normalized spacial score (nSPS) is 11.5. The van der Waals surface area contributed by atoms with E-state index in [1.807, 2.05) is 55.5 Å². The molecule has 3 aromatic carbocycles. The first kappa shape index (κ1) is 21.6. The van der Waals surface area contributed by atoms with Crippen LogP contribution in [0.15, 0.2) is 76.3 Å². The van der Waals surface area contributed by atoms with Crippen LogP contribution in [-0.4, -0.2) is 31.9 Å². The van der Waals surface area contributed by atoms with Crippen molar-refractivity contribution in [2.45, 2.75) is 6.92 Å². The summed E-state index contributed by atoms with van der Waals surface area (Å²) in [5.41, 5.74) is 10.7. The van der Waals surface area contributed by atoms with Crippen LogP contribution in [0.1, 0.15) is 21.5 Å². The quantitative estimate of drug-likeness (QED) is 0.289. The second-order valence-corrected chi connectivity index (χ2v) is 8.64. The molecule has 168 valence electrons. The van der Waals surface area contributed by atoms with Crippen molar-refractivity contribution < 1.29 is 9.90 Å². The molecule has 0 spiro atoms. The molecule has 1 amide bonds. The van der Waals surface area contributed by atoms with E-state index in [0.717, 1.165) is 10.0 Å². The molecule has 0 fully saturated rings. The van der Waals surface area contributed by atoms with Crippen LogP contribution in [-0.2, 0) is 0 Å². The number of nitrogens with one attached hydrogen (secondary N) is 1. The second-order valence-electron chi connectivity index (χ2n) is 7.72. The Morgan fingerprint density at radius 2 is 1.79 bits per heavy atom. The maximum absolute atomic E-state index is 13.3. The Balaban J connectivity index is 1.67. The fourth-order valence-electron chi connectivity index (χ4n) is 3.57. The molecule has 2 heterocycles. The van der Waals surface area contributed by atoms with Gasteiger partial charge in [0.15, 0.2) is 5.65 Å². The zero-order chi connectivity index (χ0) is 23.8. The van der Waals surface area contributed by atoms with E-state index in [9.17, 15) is 9.90 Å². The van der Waals surface area contributed by atoms with Gasteiger partial charge in [-0.3, -0.25) is 4.79 Å². The molecular weight excluding hydrogens is 496 g/mol. The number of benzene rings is 3. The summed E-state index contributed by atoms with van der Waals surface area (Å²) in [6, 6.07) is 19.8. The highest BCUT2D eigenvalue weighted by Gasteiger charge is 2.24. The van der Waals surface area contributed by atoms with Crippen LogP contribution in [0.25, 0.3) is 22.2 Å². The number of aryl methyl sites for hydroxylation is 1. The van der Waals surface area contributed by atoms with Crippen LogP contribution in [0.2, 0.25) is 0 Å². The van der Waals surface area contributed by atoms with Gasteiger partial charge in [0.25, 0.3) is 5.91 Å². The first-order valence-electron chi connectivity index (χ1n) is 10.4. The van der Waals surface area contributed by atoms with Gasteiger partial charge in [-0.1, -0.05) is 45.8 Å². The average Bonchev–Trinajstić information content (AvgIpc) is 3.09. The number of rotatable bonds is 4. The SMILES string of the molecule is Cc1ccc(NC(=O)c2c(N)n(/N=C/c3cc(Br)ccc3O)c3nc4ccccc4nc23)cc1. The van der Waals surface area contributed by atoms with Gasteiger partial charge in [-0.15, -0.1) is 0 Å². The molecule has 0 aliphatic rings. The summed E-state index contributed by atoms with van der Waals surface area (Å²) < 4.78 is 2.14. The summed E-state index contributed by atoms with van der Waals surface area (Å²) in [6.07, 6.45) is 1.45. The first-order valence-corrected chi connectivity index (χ1v) is 11.2. The average molecular weight is 515 g/mol. The highest BCUT2D eigenvalue weighted by Crippen LogP contribution is 2.29. The maximum Gasteiger partial charge on any atom is 0.261 e. The van der Waals surface area contributed by atoms with Crippen LogP contribution in [0.3, 0.4) is 0 Å². The van der Waals surface area contributed by atoms with Crippen molar-refractivity contribution in [1.82, 2.24) is 14.6 Å². The highest BCUT2D eigenvalue weighted by molar-refractivity contribution is 9.10. The number of phenols is 1. The molecule has 4 N–H and O–H groups in total. The number of halogens is 1. The molecule has 0 aliphatic heterocycles. The zero-order valence-electron chi connectivity index (χ0n) is 18.0. The number of hydrogen-bond donors (Lipinski definition) is 3. The van der Waals surface area contributed by atoms with Crippen LogP contribution in [0, 0.1) is 6.92 Å². The van der Waals surface area contributed by atoms with Crippen LogP contribution >= 0.6 is 15.9 Å². The fourth-order valence-corrected chi connectivity index (χ4v) is 3.95. The lowest BCUT2D eigenvalue weighted by Gasteiger charge is -2.06. The molecule has 5 aromatic rings. The Morgan fingerprint density at radius 3 is 2.53 bits per heavy atom. The molecule has 34 heavy (non-hydrogen) atoms. The Labute approximate surface area is 202 Å². The molecular formula is C25H19BrN6O2. The number of carbonyl (C=O) groups excluding carboxylic acids is 1. The van der Waals surface area contributed by atoms with Gasteiger partial charge < -0.3 is 16.2 Å². The number of aromatic nitrogens is 3. The number of carbonyl (C=O) groups is 1. The van der Waals surface area contributed by atoms with Gasteiger partial charge in [-0.05, 0) is 49.4 Å². The van der Waals surface area contributed by atoms with E-state index >= 15 is 0 Å². The Hall–Kier alpha value is -4.24. The van der Waals surface area contributed by atoms with Gasteiger partial charge in [0.1, 0.15) is 22.6 Å². The molecule has 0 radical (unpaired) electrons. The first-order chi connectivity index (χ1) is 16.4. The minimum atomic E-state index is -0.421. The third-order valence-electron chi connectivity index (χ3n) is 5.31. The number of nitrogens with zero attached hydrogens (tertiary/aromatic N) is 4. The molecule has 8 nitrogen and oxygen atoms in total. The molecule has 0 saturated heterocycles. The molecule has 0 unspecified atom stereocenters. The number of para-hydroxylation sites is 2. The summed E-state index contributed by atoms with van der Waals surface area (Å²) in [5, 5.41) is 17.5. The van der Waals surface area contributed by atoms with Gasteiger partial charge >= 0.3 is 0 Å². The predicted molar refractivity (Wildman–Crippen MR) is 137 cm³/mol. The number of anilines is 2. The van der Waals surface area contributed by atoms with Gasteiger partial charge in [0.05, 0.1) is 17.2 Å². The summed E-state index contributed by atoms with van der Waals surface area (Å²) in [4.78, 5) is 22.6. The van der Waals surface area contributed by atoms with Crippen LogP contribution < -0.4 is 11.1 Å². The lowest BCUT2D eigenvalue weighted by molar-refractivity contribution is 0.102. The van der Waals surface area contributed by atoms with Crippen molar-refractivity contribution >= 4 is 61.8 Å². The monoisotopic (exact) mass is 514 g/mol. The van der Waals surface area contributed by atoms with Gasteiger partial charge in [-0.2, -0.15) is 9.78 Å². The van der Waals surface area contributed by atoms with Crippen molar-refractivity contribution in [3.05, 3.63) is 87.9 Å². The second kappa shape index (κ2) is 8.60. The molecule has 0 aliphatic carbocycles. The number of nitrogen functional groups attached to an aromatic ring is 1. The van der Waals surface area contributed by atoms with Crippen LogP contribution in [0.5, 0.6) is 5.75 Å². The van der Waals surface area contributed by atoms with E-state index in [1.54, 1.807) is 18.2 Å². The number of hydrogen-bond acceptors (Lipinski definition) is 6. The van der Waals surface area contributed by atoms with Crippen molar-refractivity contribution in [3.8, 4) is 5.75 Å². The van der Waals surface area contributed by atoms with E-state index < -0.39 is 5.91 Å². The van der Waals surface area contributed by atoms with Crippen molar-refractivity contribution in [1.29, 1.82) is 0 Å². The van der Waals surface area contributed by atoms with Gasteiger partial charge in [-0.25, -0.2) is 9.97 Å². The summed E-state index contributed by atoms with van der Waals surface area (Å²) in [6.45, 7) is 1.97. The predicted octanol–water partition coefficient (Wildman–Crippen LogP) is 5.08. The van der Waals surface area contributed by atoms with Crippen molar-refractivity contribution in [2.24, 2.45) is 5.10 Å². The van der Waals surface area contributed by atoms with Gasteiger partial charge in [0, 0.05) is 15.7 Å². The number of nitrogens with two attached hydrogens (primary N) is 1. The number of amides is 1. The summed E-state index contributed by atoms with van der Waals surface area (Å²) >= 11 is 3.38. The molecule has 9 heteroatoms. The third-order valence-corrected chi connectivity index (χ3v) is 5.81. The molecule has 0 saturated carbocycles. The lowest BCUT2D eigenvalue weighted by atomic mass is 10.2. The minimum Gasteiger partial charge on any atom is -0.507 e. The molecule has 0 atom stereocenters. The zero-order valence-corrected chi connectivity index (χ0v) is 19.6. The smallest absolute Gasteiger partial charge is 0.261 e. The lowest BCUT2D eigenvalue weighted by Crippen LogP contribution is -2.14. The fraction of sp³-hybridized carbons (Fsp3) is 0.0400. The number of fused-ring (bicyclic) bond motifs is 2. The Bertz CT molecular complexity index is 1590. The van der Waals surface area contributed by atoms with Gasteiger partial charge in [0.2, 0.25) is 0 Å². The number of phenolic OH excluding ortho intramolecular Hbond substituents is 1. The van der Waals surface area contributed by atoms with E-state index in [0.29, 0.717) is 33.4 Å². The van der Waals surface area contributed by atoms with Crippen LogP contribution in [0.4, 0.5) is 11.5 Å². The highest BCUT2D eigenvalue weighted by atomic mass is 79.9. The summed E-state index contributed by atoms with van der Waals surface area (Å²) in [7, 11) is 0. The number of aromatic hydroxyl groups is 1. The summed E-state index contributed by atoms with van der Waals surface area (Å²) in [5.74, 6) is -0.285. The standard InChI is InChI=1S/C25H19BrN6O2/c1-14-6-9-17(10-7-14)29-25(34)21-22-24(31-19-5-3-2-4-18(19)30-22)32(23(21)27)28-13-15-12-16(26)8-11-20(15)33/h2-13,33H,27H2,1H3,(H,29,34)/b28-13+. The van der Waals surface area contributed by atoms with E-state index in [4.69, 9.17) is 5.73 Å². The molecule has 2 aromatic heterocycles. The van der Waals surface area contributed by atoms with Crippen molar-refractivity contribution in [2.75, 3.05) is 11.1 Å². The minimum absolute atomic E-state index is 0.0517. The molecule has 0 bridgehead atoms. The van der Waals surface area contributed by atoms with Crippen molar-refractivity contribution in [3.63, 3.8) is 0 Å². The topological polar surface area (TPSA) is 118 Å². The third kappa shape index (κ3) is 3.97. The largest absolute Gasteiger partial charge is 0.507 e. The Morgan fingerprint density at radius 1 is 1.09 bits per heavy atom. The van der Waals surface area contributed by atoms with E-state index in [1.165, 1.54) is 10.9 Å². The molecule has 5 rings (SSSR count). The van der Waals surface area contributed by atoms with E-state index in [-0.39, 0.29) is 17.1 Å². The Kier molecular flexibility index (Phi) is 5.46. The maximum atomic E-state index is 13.3.